The summed E-state index contributed by atoms with van der Waals surface area (Å²) in [7, 11) is -2.55. The van der Waals surface area contributed by atoms with Crippen molar-refractivity contribution in [1.29, 1.82) is 0 Å². The standard InChI is InChI=1S/C11H14N2O6S/c1-19-6-10(14)12-8-2-4-9(5-3-8)13-20(17,18)7-11(15)16/h2-5,13H,6-7H2,1H3,(H,12,14)(H,15,16). The van der Waals surface area contributed by atoms with Crippen LogP contribution in [0.3, 0.4) is 0 Å². The van der Waals surface area contributed by atoms with E-state index >= 15 is 0 Å². The Balaban J connectivity index is 2.67. The van der Waals surface area contributed by atoms with E-state index in [0.29, 0.717) is 5.69 Å². The van der Waals surface area contributed by atoms with Gasteiger partial charge in [-0.15, -0.1) is 0 Å². The summed E-state index contributed by atoms with van der Waals surface area (Å²) in [6, 6.07) is 5.77. The number of anilines is 2. The summed E-state index contributed by atoms with van der Waals surface area (Å²) in [5.41, 5.74) is 0.671. The molecule has 0 atom stereocenters. The minimum Gasteiger partial charge on any atom is -0.480 e. The van der Waals surface area contributed by atoms with Crippen molar-refractivity contribution in [2.24, 2.45) is 0 Å². The first kappa shape index (κ1) is 15.9. The third-order valence-electron chi connectivity index (χ3n) is 2.03. The zero-order chi connectivity index (χ0) is 15.2. The number of sulfonamides is 1. The largest absolute Gasteiger partial charge is 0.480 e. The van der Waals surface area contributed by atoms with Crippen LogP contribution in [0.1, 0.15) is 0 Å². The van der Waals surface area contributed by atoms with Gasteiger partial charge in [0.05, 0.1) is 0 Å². The SMILES string of the molecule is COCC(=O)Nc1ccc(NS(=O)(=O)CC(=O)O)cc1. The van der Waals surface area contributed by atoms with Crippen LogP contribution < -0.4 is 10.0 Å². The van der Waals surface area contributed by atoms with Gasteiger partial charge in [0.2, 0.25) is 15.9 Å². The summed E-state index contributed by atoms with van der Waals surface area (Å²) in [5.74, 6) is -2.80. The van der Waals surface area contributed by atoms with Crippen molar-refractivity contribution in [3.8, 4) is 0 Å². The van der Waals surface area contributed by atoms with Gasteiger partial charge in [0, 0.05) is 18.5 Å². The lowest BCUT2D eigenvalue weighted by Crippen LogP contribution is -2.22. The van der Waals surface area contributed by atoms with Gasteiger partial charge >= 0.3 is 5.97 Å². The van der Waals surface area contributed by atoms with Gasteiger partial charge in [-0.3, -0.25) is 14.3 Å². The van der Waals surface area contributed by atoms with E-state index in [4.69, 9.17) is 5.11 Å². The molecule has 0 fully saturated rings. The maximum absolute atomic E-state index is 11.4. The fourth-order valence-corrected chi connectivity index (χ4v) is 2.22. The Morgan fingerprint density at radius 1 is 1.20 bits per heavy atom. The Hall–Kier alpha value is -2.13. The van der Waals surface area contributed by atoms with Gasteiger partial charge in [-0.25, -0.2) is 8.42 Å². The quantitative estimate of drug-likeness (QED) is 0.656. The van der Waals surface area contributed by atoms with Crippen molar-refractivity contribution in [3.63, 3.8) is 0 Å². The maximum Gasteiger partial charge on any atom is 0.320 e. The molecule has 0 spiro atoms. The number of rotatable bonds is 7. The number of carbonyl (C=O) groups is 2. The molecule has 1 aromatic carbocycles. The molecule has 3 N–H and O–H groups in total. The van der Waals surface area contributed by atoms with Crippen LogP contribution in [0.5, 0.6) is 0 Å². The Morgan fingerprint density at radius 2 is 1.75 bits per heavy atom. The monoisotopic (exact) mass is 302 g/mol. The zero-order valence-electron chi connectivity index (χ0n) is 10.6. The average Bonchev–Trinajstić information content (AvgIpc) is 2.29. The van der Waals surface area contributed by atoms with Crippen LogP contribution in [0, 0.1) is 0 Å². The van der Waals surface area contributed by atoms with E-state index in [-0.39, 0.29) is 18.2 Å². The second-order valence-electron chi connectivity index (χ2n) is 3.81. The van der Waals surface area contributed by atoms with Crippen LogP contribution in [-0.4, -0.2) is 44.9 Å². The highest BCUT2D eigenvalue weighted by molar-refractivity contribution is 7.93. The summed E-state index contributed by atoms with van der Waals surface area (Å²) < 4.78 is 29.5. The highest BCUT2D eigenvalue weighted by Crippen LogP contribution is 2.14. The van der Waals surface area contributed by atoms with Crippen molar-refractivity contribution < 1.29 is 27.9 Å². The van der Waals surface area contributed by atoms with Crippen LogP contribution in [0.25, 0.3) is 0 Å². The fraction of sp³-hybridized carbons (Fsp3) is 0.273. The lowest BCUT2D eigenvalue weighted by atomic mass is 10.3. The van der Waals surface area contributed by atoms with Crippen molar-refractivity contribution >= 4 is 33.3 Å². The molecule has 8 nitrogen and oxygen atoms in total. The van der Waals surface area contributed by atoms with Gasteiger partial charge in [0.25, 0.3) is 0 Å². The Morgan fingerprint density at radius 3 is 2.25 bits per heavy atom. The number of carbonyl (C=O) groups excluding carboxylic acids is 1. The molecule has 1 amide bonds. The van der Waals surface area contributed by atoms with Crippen LogP contribution in [-0.2, 0) is 24.3 Å². The third kappa shape index (κ3) is 5.67. The summed E-state index contributed by atoms with van der Waals surface area (Å²) in [6.45, 7) is -0.0903. The average molecular weight is 302 g/mol. The summed E-state index contributed by atoms with van der Waals surface area (Å²) >= 11 is 0. The van der Waals surface area contributed by atoms with Gasteiger partial charge in [-0.05, 0) is 24.3 Å². The third-order valence-corrected chi connectivity index (χ3v) is 3.20. The number of carboxylic acid groups (broad SMARTS) is 1. The maximum atomic E-state index is 11.4. The molecule has 0 aromatic heterocycles. The molecule has 0 saturated carbocycles. The zero-order valence-corrected chi connectivity index (χ0v) is 11.4. The lowest BCUT2D eigenvalue weighted by Gasteiger charge is -2.08. The number of hydrogen-bond donors (Lipinski definition) is 3. The van der Waals surface area contributed by atoms with E-state index < -0.39 is 21.7 Å². The second-order valence-corrected chi connectivity index (χ2v) is 5.54. The Bertz CT molecular complexity index is 581. The molecule has 0 saturated heterocycles. The number of ether oxygens (including phenoxy) is 1. The molecule has 20 heavy (non-hydrogen) atoms. The molecule has 0 heterocycles. The molecule has 9 heteroatoms. The molecule has 0 aliphatic rings. The van der Waals surface area contributed by atoms with E-state index in [0.717, 1.165) is 0 Å². The molecule has 1 rings (SSSR count). The molecule has 0 radical (unpaired) electrons. The van der Waals surface area contributed by atoms with Gasteiger partial charge < -0.3 is 15.2 Å². The first-order valence-electron chi connectivity index (χ1n) is 5.43. The van der Waals surface area contributed by atoms with E-state index in [2.05, 4.69) is 14.8 Å². The van der Waals surface area contributed by atoms with E-state index in [1.54, 1.807) is 0 Å². The predicted molar refractivity (Wildman–Crippen MR) is 72.0 cm³/mol. The van der Waals surface area contributed by atoms with Crippen molar-refractivity contribution in [3.05, 3.63) is 24.3 Å². The summed E-state index contributed by atoms with van der Waals surface area (Å²) in [6.07, 6.45) is 0. The molecule has 1 aromatic rings. The molecular weight excluding hydrogens is 288 g/mol. The van der Waals surface area contributed by atoms with E-state index in [1.807, 2.05) is 0 Å². The van der Waals surface area contributed by atoms with Crippen molar-refractivity contribution in [2.45, 2.75) is 0 Å². The predicted octanol–water partition coefficient (Wildman–Crippen LogP) is 0.0978. The van der Waals surface area contributed by atoms with Gasteiger partial charge in [0.15, 0.2) is 5.75 Å². The second kappa shape index (κ2) is 6.87. The van der Waals surface area contributed by atoms with Gasteiger partial charge in [-0.2, -0.15) is 0 Å². The van der Waals surface area contributed by atoms with Gasteiger partial charge in [0.1, 0.15) is 6.61 Å². The number of aliphatic carboxylic acids is 1. The van der Waals surface area contributed by atoms with Crippen LogP contribution in [0.4, 0.5) is 11.4 Å². The molecule has 0 unspecified atom stereocenters. The molecule has 0 aliphatic carbocycles. The topological polar surface area (TPSA) is 122 Å². The number of nitrogens with one attached hydrogen (secondary N) is 2. The molecular formula is C11H14N2O6S. The first-order chi connectivity index (χ1) is 9.32. The lowest BCUT2D eigenvalue weighted by molar-refractivity contribution is -0.134. The van der Waals surface area contributed by atoms with Crippen molar-refractivity contribution in [1.82, 2.24) is 0 Å². The normalized spacial score (nSPS) is 10.8. The molecule has 0 aliphatic heterocycles. The minimum absolute atomic E-state index is 0.0903. The van der Waals surface area contributed by atoms with Gasteiger partial charge in [-0.1, -0.05) is 0 Å². The number of carboxylic acids is 1. The number of methoxy groups -OCH3 is 1. The molecule has 0 bridgehead atoms. The number of hydrogen-bond acceptors (Lipinski definition) is 5. The van der Waals surface area contributed by atoms with E-state index in [1.165, 1.54) is 31.4 Å². The first-order valence-corrected chi connectivity index (χ1v) is 7.09. The van der Waals surface area contributed by atoms with Crippen LogP contribution in [0.15, 0.2) is 24.3 Å². The molecule has 110 valence electrons. The van der Waals surface area contributed by atoms with Crippen LogP contribution in [0.2, 0.25) is 0 Å². The Labute approximate surface area is 115 Å². The highest BCUT2D eigenvalue weighted by Gasteiger charge is 2.15. The van der Waals surface area contributed by atoms with Crippen molar-refractivity contribution in [2.75, 3.05) is 29.5 Å². The summed E-state index contributed by atoms with van der Waals surface area (Å²) in [5, 5.41) is 11.0. The van der Waals surface area contributed by atoms with E-state index in [9.17, 15) is 18.0 Å². The highest BCUT2D eigenvalue weighted by atomic mass is 32.2. The number of amides is 1. The Kier molecular flexibility index (Phi) is 5.47. The van der Waals surface area contributed by atoms with Crippen LogP contribution >= 0.6 is 0 Å². The number of benzene rings is 1. The summed E-state index contributed by atoms with van der Waals surface area (Å²) in [4.78, 5) is 21.6. The smallest absolute Gasteiger partial charge is 0.320 e. The fourth-order valence-electron chi connectivity index (χ4n) is 1.33. The minimum atomic E-state index is -3.94.